The number of ether oxygens (including phenoxy) is 2. The summed E-state index contributed by atoms with van der Waals surface area (Å²) < 4.78 is 13.1. The molecule has 5 aromatic rings. The molecule has 9 nitrogen and oxygen atoms in total. The smallest absolute Gasteiger partial charge is 0.336 e. The second-order valence-corrected chi connectivity index (χ2v) is 11.8. The number of anilines is 1. The van der Waals surface area contributed by atoms with Crippen LogP contribution in [0.3, 0.4) is 0 Å². The van der Waals surface area contributed by atoms with E-state index in [-0.39, 0.29) is 36.0 Å². The Hall–Kier alpha value is -4.61. The van der Waals surface area contributed by atoms with Gasteiger partial charge in [0.2, 0.25) is 0 Å². The van der Waals surface area contributed by atoms with Crippen LogP contribution in [-0.4, -0.2) is 43.9 Å². The lowest BCUT2D eigenvalue weighted by atomic mass is 9.91. The second-order valence-electron chi connectivity index (χ2n) is 10.8. The maximum atomic E-state index is 13.1. The molecular weight excluding hydrogens is 590 g/mol. The van der Waals surface area contributed by atoms with Gasteiger partial charge in [-0.15, -0.1) is 11.8 Å². The lowest BCUT2D eigenvalue weighted by Gasteiger charge is -2.41. The molecule has 1 fully saturated rings. The molecule has 1 amide bonds. The highest BCUT2D eigenvalue weighted by atomic mass is 32.2. The second kappa shape index (κ2) is 13.6. The topological polar surface area (TPSA) is 131 Å². The largest absolute Gasteiger partial charge is 0.478 e. The van der Waals surface area contributed by atoms with Crippen LogP contribution in [0.5, 0.6) is 0 Å². The van der Waals surface area contributed by atoms with Gasteiger partial charge < -0.3 is 25.0 Å². The summed E-state index contributed by atoms with van der Waals surface area (Å²) in [5.41, 5.74) is 4.77. The molecule has 0 radical (unpaired) electrons. The van der Waals surface area contributed by atoms with Gasteiger partial charge in [0.1, 0.15) is 5.69 Å². The Bertz CT molecular complexity index is 1830. The first-order valence-electron chi connectivity index (χ1n) is 14.5. The highest BCUT2D eigenvalue weighted by Crippen LogP contribution is 2.43. The molecule has 10 heteroatoms. The van der Waals surface area contributed by atoms with Crippen molar-refractivity contribution in [2.45, 2.75) is 36.9 Å². The van der Waals surface area contributed by atoms with Crippen molar-refractivity contribution in [1.82, 2.24) is 9.97 Å². The number of nitrogens with zero attached hydrogens (tertiary/aromatic N) is 2. The first-order chi connectivity index (χ1) is 21.9. The van der Waals surface area contributed by atoms with Crippen molar-refractivity contribution < 1.29 is 29.3 Å². The zero-order valence-electron chi connectivity index (χ0n) is 24.4. The molecule has 228 valence electrons. The van der Waals surface area contributed by atoms with Crippen LogP contribution < -0.4 is 5.32 Å². The lowest BCUT2D eigenvalue weighted by molar-refractivity contribution is -0.268. The number of nitrogens with one attached hydrogen (secondary N) is 1. The fraction of sp³-hybridized carbons (Fsp3) is 0.200. The van der Waals surface area contributed by atoms with Crippen molar-refractivity contribution in [2.24, 2.45) is 5.92 Å². The zero-order chi connectivity index (χ0) is 31.3. The number of aliphatic hydroxyl groups excluding tert-OH is 1. The van der Waals surface area contributed by atoms with Crippen LogP contribution in [0.2, 0.25) is 0 Å². The number of carboxylic acids is 1. The van der Waals surface area contributed by atoms with E-state index in [1.807, 2.05) is 66.7 Å². The van der Waals surface area contributed by atoms with Gasteiger partial charge in [-0.3, -0.25) is 9.78 Å². The number of hydrogen-bond acceptors (Lipinski definition) is 8. The van der Waals surface area contributed by atoms with Crippen LogP contribution in [0.4, 0.5) is 5.69 Å². The number of carbonyl (C=O) groups excluding carboxylic acids is 1. The number of thioether (sulfide) groups is 1. The Morgan fingerprint density at radius 3 is 2.42 bits per heavy atom. The average Bonchev–Trinajstić information content (AvgIpc) is 3.08. The Kier molecular flexibility index (Phi) is 9.18. The third-order valence-electron chi connectivity index (χ3n) is 7.74. The minimum Gasteiger partial charge on any atom is -0.478 e. The highest BCUT2D eigenvalue weighted by Gasteiger charge is 2.38. The van der Waals surface area contributed by atoms with E-state index in [2.05, 4.69) is 22.2 Å². The summed E-state index contributed by atoms with van der Waals surface area (Å²) in [5, 5.41) is 22.1. The van der Waals surface area contributed by atoms with Gasteiger partial charge in [-0.1, -0.05) is 67.6 Å². The summed E-state index contributed by atoms with van der Waals surface area (Å²) in [6.45, 7) is 2.00. The summed E-state index contributed by atoms with van der Waals surface area (Å²) in [7, 11) is 0. The molecule has 0 unspecified atom stereocenters. The van der Waals surface area contributed by atoms with Crippen LogP contribution in [0.25, 0.3) is 11.0 Å². The number of fused-ring (bicyclic) bond motifs is 1. The molecular formula is C35H31N3O6S. The van der Waals surface area contributed by atoms with E-state index in [0.29, 0.717) is 32.9 Å². The van der Waals surface area contributed by atoms with Crippen LogP contribution in [0, 0.1) is 5.92 Å². The molecule has 4 atom stereocenters. The Morgan fingerprint density at radius 1 is 0.889 bits per heavy atom. The summed E-state index contributed by atoms with van der Waals surface area (Å²) in [4.78, 5) is 34.3. The van der Waals surface area contributed by atoms with E-state index in [1.165, 1.54) is 18.0 Å². The van der Waals surface area contributed by atoms with Crippen molar-refractivity contribution in [3.8, 4) is 0 Å². The summed E-state index contributed by atoms with van der Waals surface area (Å²) in [6, 6.07) is 29.2. The molecule has 0 spiro atoms. The number of carbonyl (C=O) groups is 2. The molecule has 1 aliphatic heterocycles. The summed E-state index contributed by atoms with van der Waals surface area (Å²) in [6.07, 6.45) is 0.0433. The molecule has 1 aromatic heterocycles. The molecule has 1 aliphatic rings. The number of aromatic nitrogens is 2. The fourth-order valence-electron chi connectivity index (χ4n) is 5.28. The van der Waals surface area contributed by atoms with Crippen LogP contribution >= 0.6 is 11.8 Å². The molecule has 3 N–H and O–H groups in total. The molecule has 0 bridgehead atoms. The van der Waals surface area contributed by atoms with Crippen molar-refractivity contribution in [2.75, 3.05) is 11.1 Å². The zero-order valence-corrected chi connectivity index (χ0v) is 25.2. The Labute approximate surface area is 264 Å². The fourth-order valence-corrected chi connectivity index (χ4v) is 6.49. The van der Waals surface area contributed by atoms with E-state index in [0.717, 1.165) is 11.1 Å². The van der Waals surface area contributed by atoms with Crippen molar-refractivity contribution >= 4 is 40.4 Å². The van der Waals surface area contributed by atoms with E-state index < -0.39 is 18.2 Å². The van der Waals surface area contributed by atoms with Crippen LogP contribution in [0.1, 0.15) is 56.9 Å². The number of benzene rings is 4. The van der Waals surface area contributed by atoms with Gasteiger partial charge in [0, 0.05) is 27.8 Å². The van der Waals surface area contributed by atoms with Gasteiger partial charge in [0.15, 0.2) is 6.29 Å². The molecule has 0 aliphatic carbocycles. The lowest BCUT2D eigenvalue weighted by Crippen LogP contribution is -2.38. The monoisotopic (exact) mass is 621 g/mol. The minimum absolute atomic E-state index is 0.0569. The average molecular weight is 622 g/mol. The number of aromatic carboxylic acids is 1. The predicted octanol–water partition coefficient (Wildman–Crippen LogP) is 6.66. The van der Waals surface area contributed by atoms with E-state index in [4.69, 9.17) is 9.47 Å². The molecule has 1 saturated heterocycles. The normalized spacial score (nSPS) is 19.7. The maximum Gasteiger partial charge on any atom is 0.336 e. The van der Waals surface area contributed by atoms with E-state index >= 15 is 0 Å². The van der Waals surface area contributed by atoms with E-state index in [9.17, 15) is 19.8 Å². The number of aliphatic hydroxyl groups is 1. The number of rotatable bonds is 9. The summed E-state index contributed by atoms with van der Waals surface area (Å²) >= 11 is 1.43. The van der Waals surface area contributed by atoms with Gasteiger partial charge in [0.05, 0.1) is 41.6 Å². The molecule has 4 aromatic carbocycles. The Morgan fingerprint density at radius 2 is 1.64 bits per heavy atom. The van der Waals surface area contributed by atoms with Crippen LogP contribution in [0.15, 0.2) is 108 Å². The first kappa shape index (κ1) is 30.4. The van der Waals surface area contributed by atoms with Crippen LogP contribution in [-0.2, 0) is 16.1 Å². The molecule has 2 heterocycles. The minimum atomic E-state index is -0.979. The summed E-state index contributed by atoms with van der Waals surface area (Å²) in [5.74, 6) is -0.960. The number of amides is 1. The van der Waals surface area contributed by atoms with Crippen molar-refractivity contribution in [3.63, 3.8) is 0 Å². The molecule has 45 heavy (non-hydrogen) atoms. The van der Waals surface area contributed by atoms with Gasteiger partial charge in [0.25, 0.3) is 5.91 Å². The van der Waals surface area contributed by atoms with Gasteiger partial charge in [-0.2, -0.15) is 0 Å². The quantitative estimate of drug-likeness (QED) is 0.155. The van der Waals surface area contributed by atoms with Crippen molar-refractivity contribution in [1.29, 1.82) is 0 Å². The Balaban J connectivity index is 1.25. The van der Waals surface area contributed by atoms with Gasteiger partial charge in [-0.25, -0.2) is 9.78 Å². The SMILES string of the molecule is C[C@H]1[C@@H](CSc2ccccc2C(=O)O)O[C@@H](c2cccc(NC(=O)c3cnc4ccccc4n3)c2)O[C@H]1c1ccc(CO)cc1. The van der Waals surface area contributed by atoms with Gasteiger partial charge >= 0.3 is 5.97 Å². The first-order valence-corrected chi connectivity index (χ1v) is 15.5. The van der Waals surface area contributed by atoms with Gasteiger partial charge in [-0.05, 0) is 47.5 Å². The number of para-hydroxylation sites is 2. The molecule has 6 rings (SSSR count). The standard InChI is InChI=1S/C35H31N3O6S/c1-21-30(20-45-31-12-5-2-9-26(31)34(41)42)43-35(44-32(21)23-15-13-22(19-39)14-16-23)24-7-6-8-25(17-24)37-33(40)29-18-36-27-10-3-4-11-28(27)38-29/h2-18,21,30,32,35,39H,19-20H2,1H3,(H,37,40)(H,41,42)/t21-,30+,32+,35+/m0/s1. The molecule has 0 saturated carbocycles. The third kappa shape index (κ3) is 6.89. The number of carboxylic acid groups (broad SMARTS) is 1. The predicted molar refractivity (Wildman–Crippen MR) is 171 cm³/mol. The maximum absolute atomic E-state index is 13.1. The van der Waals surface area contributed by atoms with Crippen molar-refractivity contribution in [3.05, 3.63) is 131 Å². The number of hydrogen-bond donors (Lipinski definition) is 3. The third-order valence-corrected chi connectivity index (χ3v) is 8.90. The highest BCUT2D eigenvalue weighted by molar-refractivity contribution is 7.99. The van der Waals surface area contributed by atoms with E-state index in [1.54, 1.807) is 30.3 Å².